The third-order valence-electron chi connectivity index (χ3n) is 3.46. The van der Waals surface area contributed by atoms with Gasteiger partial charge in [0.25, 0.3) is 11.6 Å². The van der Waals surface area contributed by atoms with Crippen molar-refractivity contribution in [1.29, 1.82) is 0 Å². The van der Waals surface area contributed by atoms with E-state index in [0.29, 0.717) is 12.1 Å². The minimum Gasteiger partial charge on any atom is -0.496 e. The average Bonchev–Trinajstić information content (AvgIpc) is 2.65. The molecule has 0 atom stereocenters. The zero-order valence-electron chi connectivity index (χ0n) is 14.3. The van der Waals surface area contributed by atoms with Gasteiger partial charge in [0.05, 0.1) is 29.2 Å². The Hall–Kier alpha value is -3.63. The average molecular weight is 398 g/mol. The number of carbonyl (C=O) groups excluding carboxylic acids is 2. The van der Waals surface area contributed by atoms with E-state index in [-0.39, 0.29) is 17.0 Å². The summed E-state index contributed by atoms with van der Waals surface area (Å²) in [5, 5.41) is 13.3. The lowest BCUT2D eigenvalue weighted by atomic mass is 10.1. The zero-order valence-corrected chi connectivity index (χ0v) is 14.3. The van der Waals surface area contributed by atoms with Crippen molar-refractivity contribution in [3.05, 3.63) is 63.7 Å². The molecular weight excluding hydrogens is 385 g/mol. The number of alkyl halides is 3. The minimum absolute atomic E-state index is 0.138. The number of methoxy groups -OCH3 is 1. The number of halogens is 3. The van der Waals surface area contributed by atoms with Crippen LogP contribution in [0.2, 0.25) is 0 Å². The summed E-state index contributed by atoms with van der Waals surface area (Å²) in [5.41, 5.74) is -1.69. The van der Waals surface area contributed by atoms with Crippen LogP contribution in [-0.4, -0.2) is 30.5 Å². The zero-order chi connectivity index (χ0) is 20.9. The van der Waals surface area contributed by atoms with Gasteiger partial charge in [-0.25, -0.2) is 4.79 Å². The Kier molecular flexibility index (Phi) is 6.18. The smallest absolute Gasteiger partial charge is 0.416 e. The van der Waals surface area contributed by atoms with Gasteiger partial charge < -0.3 is 14.8 Å². The van der Waals surface area contributed by atoms with E-state index in [9.17, 15) is 32.9 Å². The highest BCUT2D eigenvalue weighted by Crippen LogP contribution is 2.30. The number of hydrogen-bond acceptors (Lipinski definition) is 6. The standard InChI is InChI=1S/C17H13F3N2O6/c1-27-12-6-7-13(14(8-12)22(25)26)21-15(23)9-28-16(24)10-2-4-11(5-3-10)17(18,19)20/h2-8H,9H2,1H3,(H,21,23). The number of rotatable bonds is 6. The van der Waals surface area contributed by atoms with Gasteiger partial charge in [-0.3, -0.25) is 14.9 Å². The summed E-state index contributed by atoms with van der Waals surface area (Å²) in [6.45, 7) is -0.789. The number of amides is 1. The second kappa shape index (κ2) is 8.37. The van der Waals surface area contributed by atoms with Crippen LogP contribution >= 0.6 is 0 Å². The van der Waals surface area contributed by atoms with Crippen molar-refractivity contribution in [3.63, 3.8) is 0 Å². The molecule has 0 saturated heterocycles. The number of nitrogens with zero attached hydrogens (tertiary/aromatic N) is 1. The first-order valence-electron chi connectivity index (χ1n) is 7.58. The highest BCUT2D eigenvalue weighted by Gasteiger charge is 2.30. The van der Waals surface area contributed by atoms with E-state index < -0.39 is 40.8 Å². The summed E-state index contributed by atoms with van der Waals surface area (Å²) in [4.78, 5) is 34.0. The lowest BCUT2D eigenvalue weighted by molar-refractivity contribution is -0.384. The van der Waals surface area contributed by atoms with Crippen molar-refractivity contribution in [2.45, 2.75) is 6.18 Å². The largest absolute Gasteiger partial charge is 0.496 e. The van der Waals surface area contributed by atoms with Gasteiger partial charge in [-0.2, -0.15) is 13.2 Å². The van der Waals surface area contributed by atoms with Crippen LogP contribution in [0.15, 0.2) is 42.5 Å². The molecule has 0 spiro atoms. The second-order valence-electron chi connectivity index (χ2n) is 5.34. The highest BCUT2D eigenvalue weighted by atomic mass is 19.4. The molecule has 1 amide bonds. The molecule has 0 aliphatic rings. The van der Waals surface area contributed by atoms with Gasteiger partial charge in [0, 0.05) is 0 Å². The summed E-state index contributed by atoms with van der Waals surface area (Å²) in [6, 6.07) is 6.97. The summed E-state index contributed by atoms with van der Waals surface area (Å²) in [6.07, 6.45) is -4.55. The van der Waals surface area contributed by atoms with Crippen LogP contribution in [0.5, 0.6) is 5.75 Å². The van der Waals surface area contributed by atoms with E-state index in [1.54, 1.807) is 0 Å². The van der Waals surface area contributed by atoms with Crippen LogP contribution < -0.4 is 10.1 Å². The van der Waals surface area contributed by atoms with E-state index in [1.165, 1.54) is 19.2 Å². The summed E-state index contributed by atoms with van der Waals surface area (Å²) in [7, 11) is 1.32. The molecule has 0 radical (unpaired) electrons. The van der Waals surface area contributed by atoms with Crippen LogP contribution in [0, 0.1) is 10.1 Å². The molecule has 0 bridgehead atoms. The molecule has 0 heterocycles. The monoisotopic (exact) mass is 398 g/mol. The predicted molar refractivity (Wildman–Crippen MR) is 90.0 cm³/mol. The molecule has 1 N–H and O–H groups in total. The van der Waals surface area contributed by atoms with Crippen LogP contribution in [-0.2, 0) is 15.7 Å². The number of benzene rings is 2. The van der Waals surface area contributed by atoms with Crippen LogP contribution in [0.4, 0.5) is 24.5 Å². The van der Waals surface area contributed by atoms with Gasteiger partial charge in [0.2, 0.25) is 0 Å². The van der Waals surface area contributed by atoms with Gasteiger partial charge >= 0.3 is 12.1 Å². The molecule has 2 rings (SSSR count). The van der Waals surface area contributed by atoms with Crippen LogP contribution in [0.1, 0.15) is 15.9 Å². The van der Waals surface area contributed by atoms with Crippen molar-refractivity contribution >= 4 is 23.3 Å². The van der Waals surface area contributed by atoms with Gasteiger partial charge in [0.1, 0.15) is 11.4 Å². The maximum absolute atomic E-state index is 12.5. The second-order valence-corrected chi connectivity index (χ2v) is 5.34. The van der Waals surface area contributed by atoms with Crippen molar-refractivity contribution in [2.75, 3.05) is 19.0 Å². The number of ether oxygens (including phenoxy) is 2. The molecule has 0 saturated carbocycles. The number of carbonyl (C=O) groups is 2. The van der Waals surface area contributed by atoms with Crippen molar-refractivity contribution in [3.8, 4) is 5.75 Å². The number of esters is 1. The van der Waals surface area contributed by atoms with Gasteiger partial charge in [-0.05, 0) is 36.4 Å². The first kappa shape index (κ1) is 20.7. The molecule has 0 aromatic heterocycles. The third-order valence-corrected chi connectivity index (χ3v) is 3.46. The Morgan fingerprint density at radius 2 is 1.79 bits per heavy atom. The Bertz CT molecular complexity index is 897. The molecule has 2 aromatic rings. The molecule has 2 aromatic carbocycles. The molecule has 0 aliphatic carbocycles. The normalized spacial score (nSPS) is 10.9. The first-order chi connectivity index (χ1) is 13.1. The molecule has 0 aliphatic heterocycles. The minimum atomic E-state index is -4.55. The number of nitro groups is 1. The Balaban J connectivity index is 1.99. The summed E-state index contributed by atoms with van der Waals surface area (Å²) < 4.78 is 47.1. The molecule has 0 fully saturated rings. The molecular formula is C17H13F3N2O6. The SMILES string of the molecule is COc1ccc(NC(=O)COC(=O)c2ccc(C(F)(F)F)cc2)c([N+](=O)[O-])c1. The third kappa shape index (κ3) is 5.19. The predicted octanol–water partition coefficient (Wildman–Crippen LogP) is 3.42. The number of nitro benzene ring substituents is 1. The van der Waals surface area contributed by atoms with Crippen LogP contribution in [0.3, 0.4) is 0 Å². The topological polar surface area (TPSA) is 108 Å². The number of hydrogen-bond donors (Lipinski definition) is 1. The van der Waals surface area contributed by atoms with Gasteiger partial charge in [-0.1, -0.05) is 0 Å². The van der Waals surface area contributed by atoms with Crippen LogP contribution in [0.25, 0.3) is 0 Å². The fraction of sp³-hybridized carbons (Fsp3) is 0.176. The van der Waals surface area contributed by atoms with E-state index >= 15 is 0 Å². The molecule has 11 heteroatoms. The first-order valence-corrected chi connectivity index (χ1v) is 7.58. The van der Waals surface area contributed by atoms with Crippen molar-refractivity contribution in [2.24, 2.45) is 0 Å². The lowest BCUT2D eigenvalue weighted by Crippen LogP contribution is -2.21. The lowest BCUT2D eigenvalue weighted by Gasteiger charge is -2.09. The van der Waals surface area contributed by atoms with E-state index in [0.717, 1.165) is 18.2 Å². The molecule has 0 unspecified atom stereocenters. The Morgan fingerprint density at radius 3 is 2.32 bits per heavy atom. The van der Waals surface area contributed by atoms with E-state index in [1.807, 2.05) is 0 Å². The highest BCUT2D eigenvalue weighted by molar-refractivity contribution is 5.96. The summed E-state index contributed by atoms with van der Waals surface area (Å²) >= 11 is 0. The van der Waals surface area contributed by atoms with Gasteiger partial charge in [0.15, 0.2) is 6.61 Å². The van der Waals surface area contributed by atoms with Crippen molar-refractivity contribution < 1.29 is 37.2 Å². The number of anilines is 1. The Morgan fingerprint density at radius 1 is 1.14 bits per heavy atom. The fourth-order valence-corrected chi connectivity index (χ4v) is 2.09. The quantitative estimate of drug-likeness (QED) is 0.454. The van der Waals surface area contributed by atoms with E-state index in [2.05, 4.69) is 5.32 Å². The maximum atomic E-state index is 12.5. The van der Waals surface area contributed by atoms with Gasteiger partial charge in [-0.15, -0.1) is 0 Å². The Labute approximate surface area is 156 Å². The molecule has 28 heavy (non-hydrogen) atoms. The number of nitrogens with one attached hydrogen (secondary N) is 1. The maximum Gasteiger partial charge on any atom is 0.416 e. The molecule has 8 nitrogen and oxygen atoms in total. The fourth-order valence-electron chi connectivity index (χ4n) is 2.09. The summed E-state index contributed by atoms with van der Waals surface area (Å²) in [5.74, 6) is -1.68. The van der Waals surface area contributed by atoms with Crippen molar-refractivity contribution in [1.82, 2.24) is 0 Å². The molecule has 148 valence electrons. The van der Waals surface area contributed by atoms with E-state index in [4.69, 9.17) is 9.47 Å².